The molecule has 0 fully saturated rings. The average molecular weight is 244 g/mol. The second kappa shape index (κ2) is 5.42. The second-order valence-electron chi connectivity index (χ2n) is 3.08. The predicted octanol–water partition coefficient (Wildman–Crippen LogP) is -1.77. The molecule has 1 aromatic heterocycles. The Kier molecular flexibility index (Phi) is 4.20. The Morgan fingerprint density at radius 2 is 2.31 bits per heavy atom. The highest BCUT2D eigenvalue weighted by atomic mass is 32.1. The molecule has 1 atom stereocenters. The number of rotatable bonds is 5. The summed E-state index contributed by atoms with van der Waals surface area (Å²) in [7, 11) is 0. The number of hydrogen-bond donors (Lipinski definition) is 4. The van der Waals surface area contributed by atoms with Gasteiger partial charge in [0, 0.05) is 5.38 Å². The van der Waals surface area contributed by atoms with Gasteiger partial charge in [0.15, 0.2) is 5.13 Å². The molecule has 0 saturated carbocycles. The van der Waals surface area contributed by atoms with Gasteiger partial charge in [-0.15, -0.1) is 11.3 Å². The van der Waals surface area contributed by atoms with Crippen molar-refractivity contribution in [3.05, 3.63) is 11.1 Å². The van der Waals surface area contributed by atoms with E-state index in [2.05, 4.69) is 10.3 Å². The number of carbonyl (C=O) groups excluding carboxylic acids is 2. The zero-order valence-electron chi connectivity index (χ0n) is 8.34. The Morgan fingerprint density at radius 3 is 2.81 bits per heavy atom. The van der Waals surface area contributed by atoms with Crippen LogP contribution in [-0.2, 0) is 16.0 Å². The minimum atomic E-state index is -1.37. The summed E-state index contributed by atoms with van der Waals surface area (Å²) in [5.41, 5.74) is 10.8. The van der Waals surface area contributed by atoms with Gasteiger partial charge in [0.05, 0.1) is 18.7 Å². The van der Waals surface area contributed by atoms with Gasteiger partial charge in [-0.3, -0.25) is 9.59 Å². The summed E-state index contributed by atoms with van der Waals surface area (Å²) in [5, 5.41) is 13.4. The molecule has 1 heterocycles. The molecule has 0 bridgehead atoms. The number of carbonyl (C=O) groups is 2. The molecule has 88 valence electrons. The summed E-state index contributed by atoms with van der Waals surface area (Å²) in [6.07, 6.45) is -1.32. The van der Waals surface area contributed by atoms with Crippen molar-refractivity contribution in [2.45, 2.75) is 12.5 Å². The second-order valence-corrected chi connectivity index (χ2v) is 3.97. The highest BCUT2D eigenvalue weighted by Crippen LogP contribution is 2.11. The van der Waals surface area contributed by atoms with E-state index in [0.717, 1.165) is 0 Å². The van der Waals surface area contributed by atoms with Crippen molar-refractivity contribution >= 4 is 28.3 Å². The van der Waals surface area contributed by atoms with Crippen molar-refractivity contribution in [3.8, 4) is 0 Å². The van der Waals surface area contributed by atoms with Crippen LogP contribution in [0, 0.1) is 0 Å². The largest absolute Gasteiger partial charge is 0.381 e. The standard InChI is InChI=1S/C8H12N4O3S/c9-7(15)5(13)2-11-6(14)1-4-3-16-8(10)12-4/h3,5,13H,1-2H2,(H2,9,15)(H2,10,12)(H,11,14). The lowest BCUT2D eigenvalue weighted by Crippen LogP contribution is -2.40. The molecule has 0 aliphatic carbocycles. The first-order valence-corrected chi connectivity index (χ1v) is 5.31. The fourth-order valence-corrected chi connectivity index (χ4v) is 1.50. The summed E-state index contributed by atoms with van der Waals surface area (Å²) < 4.78 is 0. The molecule has 16 heavy (non-hydrogen) atoms. The lowest BCUT2D eigenvalue weighted by atomic mass is 10.3. The first-order valence-electron chi connectivity index (χ1n) is 4.43. The zero-order valence-corrected chi connectivity index (χ0v) is 9.16. The Bertz CT molecular complexity index is 392. The molecule has 7 nitrogen and oxygen atoms in total. The molecule has 8 heteroatoms. The van der Waals surface area contributed by atoms with Crippen LogP contribution < -0.4 is 16.8 Å². The molecule has 0 aliphatic heterocycles. The first-order chi connectivity index (χ1) is 7.49. The molecule has 0 aliphatic rings. The van der Waals surface area contributed by atoms with Crippen LogP contribution in [0.15, 0.2) is 5.38 Å². The average Bonchev–Trinajstić information content (AvgIpc) is 2.60. The fraction of sp³-hybridized carbons (Fsp3) is 0.375. The zero-order chi connectivity index (χ0) is 12.1. The number of aromatic nitrogens is 1. The van der Waals surface area contributed by atoms with Crippen molar-refractivity contribution in [1.82, 2.24) is 10.3 Å². The van der Waals surface area contributed by atoms with E-state index >= 15 is 0 Å². The van der Waals surface area contributed by atoms with E-state index in [1.54, 1.807) is 5.38 Å². The van der Waals surface area contributed by atoms with Crippen LogP contribution in [0.3, 0.4) is 0 Å². The van der Waals surface area contributed by atoms with E-state index in [0.29, 0.717) is 10.8 Å². The number of primary amides is 1. The van der Waals surface area contributed by atoms with Gasteiger partial charge in [-0.05, 0) is 0 Å². The lowest BCUT2D eigenvalue weighted by molar-refractivity contribution is -0.126. The number of nitrogens with two attached hydrogens (primary N) is 2. The highest BCUT2D eigenvalue weighted by Gasteiger charge is 2.13. The van der Waals surface area contributed by atoms with Crippen LogP contribution in [-0.4, -0.2) is 34.6 Å². The Morgan fingerprint density at radius 1 is 1.62 bits per heavy atom. The molecular weight excluding hydrogens is 232 g/mol. The topological polar surface area (TPSA) is 131 Å². The van der Waals surface area contributed by atoms with Crippen LogP contribution >= 0.6 is 11.3 Å². The van der Waals surface area contributed by atoms with Gasteiger partial charge in [0.1, 0.15) is 6.10 Å². The number of anilines is 1. The molecule has 6 N–H and O–H groups in total. The van der Waals surface area contributed by atoms with Crippen LogP contribution in [0.5, 0.6) is 0 Å². The Balaban J connectivity index is 2.34. The summed E-state index contributed by atoms with van der Waals surface area (Å²) in [6.45, 7) is -0.201. The number of nitrogens with one attached hydrogen (secondary N) is 1. The quantitative estimate of drug-likeness (QED) is 0.486. The monoisotopic (exact) mass is 244 g/mol. The third kappa shape index (κ3) is 3.83. The van der Waals surface area contributed by atoms with Crippen LogP contribution in [0.2, 0.25) is 0 Å². The molecule has 0 saturated heterocycles. The van der Waals surface area contributed by atoms with Crippen molar-refractivity contribution in [2.75, 3.05) is 12.3 Å². The fourth-order valence-electron chi connectivity index (χ4n) is 0.942. The maximum Gasteiger partial charge on any atom is 0.248 e. The number of aliphatic hydroxyl groups is 1. The van der Waals surface area contributed by atoms with E-state index < -0.39 is 12.0 Å². The van der Waals surface area contributed by atoms with Crippen LogP contribution in [0.25, 0.3) is 0 Å². The van der Waals surface area contributed by atoms with E-state index in [9.17, 15) is 9.59 Å². The van der Waals surface area contributed by atoms with Gasteiger partial charge in [-0.1, -0.05) is 0 Å². The van der Waals surface area contributed by atoms with Crippen LogP contribution in [0.4, 0.5) is 5.13 Å². The molecular formula is C8H12N4O3S. The van der Waals surface area contributed by atoms with E-state index in [1.807, 2.05) is 0 Å². The Labute approximate surface area is 95.5 Å². The third-order valence-electron chi connectivity index (χ3n) is 1.73. The molecule has 0 radical (unpaired) electrons. The Hall–Kier alpha value is -1.67. The van der Waals surface area contributed by atoms with E-state index in [-0.39, 0.29) is 18.9 Å². The van der Waals surface area contributed by atoms with Gasteiger partial charge < -0.3 is 21.9 Å². The van der Waals surface area contributed by atoms with Gasteiger partial charge in [0.25, 0.3) is 0 Å². The van der Waals surface area contributed by atoms with Crippen molar-refractivity contribution in [3.63, 3.8) is 0 Å². The molecule has 0 spiro atoms. The maximum atomic E-state index is 11.3. The molecule has 1 unspecified atom stereocenters. The molecule has 0 aromatic carbocycles. The van der Waals surface area contributed by atoms with Crippen molar-refractivity contribution in [2.24, 2.45) is 5.73 Å². The molecule has 2 amide bonds. The summed E-state index contributed by atoms with van der Waals surface area (Å²) >= 11 is 1.24. The maximum absolute atomic E-state index is 11.3. The van der Waals surface area contributed by atoms with Crippen molar-refractivity contribution < 1.29 is 14.7 Å². The third-order valence-corrected chi connectivity index (χ3v) is 2.45. The lowest BCUT2D eigenvalue weighted by Gasteiger charge is -2.07. The minimum Gasteiger partial charge on any atom is -0.381 e. The summed E-state index contributed by atoms with van der Waals surface area (Å²) in [4.78, 5) is 25.7. The number of nitrogens with zero attached hydrogens (tertiary/aromatic N) is 1. The number of hydrogen-bond acceptors (Lipinski definition) is 6. The predicted molar refractivity (Wildman–Crippen MR) is 58.4 cm³/mol. The van der Waals surface area contributed by atoms with Gasteiger partial charge in [-0.2, -0.15) is 0 Å². The van der Waals surface area contributed by atoms with Gasteiger partial charge >= 0.3 is 0 Å². The molecule has 1 aromatic rings. The van der Waals surface area contributed by atoms with Gasteiger partial charge in [-0.25, -0.2) is 4.98 Å². The summed E-state index contributed by atoms with van der Waals surface area (Å²) in [6, 6.07) is 0. The normalized spacial score (nSPS) is 12.1. The van der Waals surface area contributed by atoms with E-state index in [4.69, 9.17) is 16.6 Å². The highest BCUT2D eigenvalue weighted by molar-refractivity contribution is 7.13. The van der Waals surface area contributed by atoms with E-state index in [1.165, 1.54) is 11.3 Å². The minimum absolute atomic E-state index is 0.0547. The van der Waals surface area contributed by atoms with Crippen LogP contribution in [0.1, 0.15) is 5.69 Å². The number of nitrogen functional groups attached to an aromatic ring is 1. The first kappa shape index (κ1) is 12.4. The van der Waals surface area contributed by atoms with Gasteiger partial charge in [0.2, 0.25) is 11.8 Å². The number of thiazole rings is 1. The summed E-state index contributed by atoms with van der Waals surface area (Å²) in [5.74, 6) is -1.23. The number of aliphatic hydroxyl groups excluding tert-OH is 1. The smallest absolute Gasteiger partial charge is 0.248 e. The molecule has 1 rings (SSSR count). The SMILES string of the molecule is NC(=O)C(O)CNC(=O)Cc1csc(N)n1. The number of amides is 2. The van der Waals surface area contributed by atoms with Crippen molar-refractivity contribution in [1.29, 1.82) is 0 Å².